The summed E-state index contributed by atoms with van der Waals surface area (Å²) in [7, 11) is 3.25. The Labute approximate surface area is 436 Å². The summed E-state index contributed by atoms with van der Waals surface area (Å²) in [5, 5.41) is 28.6. The Kier molecular flexibility index (Phi) is 28.2. The second kappa shape index (κ2) is 32.8. The largest absolute Gasteiger partial charge is 3.00 e. The Morgan fingerprint density at radius 2 is 1.10 bits per heavy atom. The molecule has 0 saturated heterocycles. The van der Waals surface area contributed by atoms with Gasteiger partial charge in [-0.3, -0.25) is 14.8 Å². The van der Waals surface area contributed by atoms with Gasteiger partial charge in [0.2, 0.25) is 0 Å². The molecule has 0 aliphatic carbocycles. The Balaban J connectivity index is 0.00000242. The molecule has 0 saturated carbocycles. The van der Waals surface area contributed by atoms with Crippen LogP contribution in [0.4, 0.5) is 0 Å². The number of hydrogen-bond donors (Lipinski definition) is 2. The van der Waals surface area contributed by atoms with Gasteiger partial charge in [0.15, 0.2) is 11.5 Å². The summed E-state index contributed by atoms with van der Waals surface area (Å²) < 4.78 is 45.1. The van der Waals surface area contributed by atoms with E-state index in [0.717, 1.165) is 40.3 Å². The molecular formula is C50H68GdN5O13. The van der Waals surface area contributed by atoms with Crippen molar-refractivity contribution in [1.82, 2.24) is 24.9 Å². The van der Waals surface area contributed by atoms with Gasteiger partial charge in [0.05, 0.1) is 94.7 Å². The number of carboxylic acids is 1. The van der Waals surface area contributed by atoms with Crippen LogP contribution >= 0.6 is 0 Å². The first-order chi connectivity index (χ1) is 33.0. The van der Waals surface area contributed by atoms with Gasteiger partial charge in [-0.2, -0.15) is 0 Å². The molecule has 1 radical (unpaired) electrons. The first-order valence-corrected chi connectivity index (χ1v) is 23.1. The van der Waals surface area contributed by atoms with Crippen LogP contribution in [0.25, 0.3) is 44.2 Å². The van der Waals surface area contributed by atoms with Crippen molar-refractivity contribution in [2.45, 2.75) is 73.1 Å². The van der Waals surface area contributed by atoms with E-state index in [1.165, 1.54) is 0 Å². The first kappa shape index (κ1) is 59.3. The first-order valence-electron chi connectivity index (χ1n) is 23.1. The van der Waals surface area contributed by atoms with Gasteiger partial charge in [-0.25, -0.2) is 4.98 Å². The number of hydrogen-bond acceptors (Lipinski definition) is 16. The average Bonchev–Trinajstić information content (AvgIpc) is 3.95. The minimum Gasteiger partial charge on any atom is -0.654 e. The second-order valence-electron chi connectivity index (χ2n) is 15.5. The normalized spacial score (nSPS) is 11.6. The summed E-state index contributed by atoms with van der Waals surface area (Å²) in [6.07, 6.45) is 6.65. The van der Waals surface area contributed by atoms with E-state index in [1.807, 2.05) is 26.8 Å². The van der Waals surface area contributed by atoms with Crippen LogP contribution in [-0.4, -0.2) is 138 Å². The van der Waals surface area contributed by atoms with Crippen LogP contribution in [0, 0.1) is 46.9 Å². The molecule has 1 aliphatic rings. The SMILES string of the molecule is CC(=O)[O-].CCc1c(CC)c2[n-]c1cc1nc(cnc3cc(OCCOCCOCCOC)c(OCCOCCOCCOC)cc3ncc3[n-]c(c(CCCO)c3C)c2=O)C(C)=C1CCCO.[Gd+3]. The number of aryl methyl sites for hydroxylation is 4. The van der Waals surface area contributed by atoms with Crippen molar-refractivity contribution in [3.05, 3.63) is 74.5 Å². The predicted octanol–water partition coefficient (Wildman–Crippen LogP) is 4.10. The third-order valence-corrected chi connectivity index (χ3v) is 10.8. The molecule has 19 heteroatoms. The third kappa shape index (κ3) is 18.3. The fourth-order valence-corrected chi connectivity index (χ4v) is 7.38. The second-order valence-corrected chi connectivity index (χ2v) is 15.5. The zero-order valence-electron chi connectivity index (χ0n) is 41.0. The maximum Gasteiger partial charge on any atom is 3.00 e. The standard InChI is InChI=1S/C48H66N5O11.C2H4O2.Gd/c1-7-34-35(8-2)46-48(56)47-37(12-10-14-55)33(4)43(53-47)31-50-41-29-45(64-26-24-62-22-20-60-18-16-58-6)44(63-25-23-61-21-19-59-17-15-57-5)28-40(41)49-30-42-32(3)36(11-9-13-54)39(51-42)27-38(34)52-46;1-2(3)4;/h27-31,54-55H,7-26H2,1-6H3,(H-,49,50,51,52,53,56);1H3,(H,3,4);/q-1;;+3/p-2. The van der Waals surface area contributed by atoms with Crippen molar-refractivity contribution in [2.75, 3.05) is 107 Å². The van der Waals surface area contributed by atoms with Gasteiger partial charge in [0.25, 0.3) is 0 Å². The smallest absolute Gasteiger partial charge is 0.654 e. The third-order valence-electron chi connectivity index (χ3n) is 10.8. The number of benzene rings is 1. The van der Waals surface area contributed by atoms with Gasteiger partial charge in [0, 0.05) is 51.7 Å². The van der Waals surface area contributed by atoms with Crippen LogP contribution in [0.15, 0.2) is 35.4 Å². The number of nitrogens with zero attached hydrogens (tertiary/aromatic N) is 5. The van der Waals surface area contributed by atoms with Gasteiger partial charge in [-0.1, -0.05) is 53.2 Å². The van der Waals surface area contributed by atoms with Crippen LogP contribution in [0.3, 0.4) is 0 Å². The summed E-state index contributed by atoms with van der Waals surface area (Å²) in [4.78, 5) is 48.4. The number of carbonyl (C=O) groups is 1. The topological polar surface area (TPSA) is 238 Å². The Bertz CT molecular complexity index is 2470. The average molecular weight is 1100 g/mol. The fraction of sp³-hybridized carbons (Fsp3) is 0.540. The van der Waals surface area contributed by atoms with Crippen molar-refractivity contribution in [2.24, 2.45) is 0 Å². The number of rotatable bonds is 28. The summed E-state index contributed by atoms with van der Waals surface area (Å²) >= 11 is 0. The van der Waals surface area contributed by atoms with Crippen molar-refractivity contribution in [3.63, 3.8) is 0 Å². The molecule has 3 aromatic heterocycles. The molecule has 0 atom stereocenters. The molecule has 1 aromatic carbocycles. The number of carbonyl (C=O) groups excluding carboxylic acids is 1. The van der Waals surface area contributed by atoms with Gasteiger partial charge in [0.1, 0.15) is 18.6 Å². The molecule has 69 heavy (non-hydrogen) atoms. The van der Waals surface area contributed by atoms with Gasteiger partial charge >= 0.3 is 39.9 Å². The van der Waals surface area contributed by atoms with Crippen LogP contribution in [0.1, 0.15) is 80.6 Å². The zero-order chi connectivity index (χ0) is 49.3. The van der Waals surface area contributed by atoms with E-state index in [-0.39, 0.29) is 71.8 Å². The zero-order valence-corrected chi connectivity index (χ0v) is 43.3. The fourth-order valence-electron chi connectivity index (χ4n) is 7.38. The maximum absolute atomic E-state index is 14.6. The number of aliphatic hydroxyl groups is 2. The van der Waals surface area contributed by atoms with E-state index in [0.29, 0.717) is 161 Å². The summed E-state index contributed by atoms with van der Waals surface area (Å²) in [5.41, 5.74) is 9.15. The Morgan fingerprint density at radius 3 is 1.61 bits per heavy atom. The summed E-state index contributed by atoms with van der Waals surface area (Å²) in [6, 6.07) is 5.48. The molecule has 0 amide bonds. The van der Waals surface area contributed by atoms with Gasteiger partial charge in [-0.05, 0) is 70.4 Å². The van der Waals surface area contributed by atoms with E-state index < -0.39 is 5.97 Å². The molecule has 2 N–H and O–H groups in total. The van der Waals surface area contributed by atoms with E-state index >= 15 is 0 Å². The minimum atomic E-state index is -1.08. The van der Waals surface area contributed by atoms with E-state index in [1.54, 1.807) is 38.7 Å². The van der Waals surface area contributed by atoms with Crippen molar-refractivity contribution < 1.29 is 97.9 Å². The number of fused-ring (bicyclic) bond motifs is 7. The molecule has 0 spiro atoms. The van der Waals surface area contributed by atoms with Crippen molar-refractivity contribution in [1.29, 1.82) is 0 Å². The molecule has 0 unspecified atom stereocenters. The van der Waals surface area contributed by atoms with Crippen molar-refractivity contribution >= 4 is 50.2 Å². The number of aliphatic carboxylic acids is 1. The van der Waals surface area contributed by atoms with Crippen LogP contribution < -0.4 is 30.0 Å². The predicted molar refractivity (Wildman–Crippen MR) is 257 cm³/mol. The maximum atomic E-state index is 14.6. The Hall–Kier alpha value is -3.99. The monoisotopic (exact) mass is 1100 g/mol. The molecule has 379 valence electrons. The molecule has 5 rings (SSSR count). The number of allylic oxidation sites excluding steroid dienone is 2. The molecule has 1 aliphatic heterocycles. The molecule has 4 heterocycles. The molecule has 0 fully saturated rings. The Morgan fingerprint density at radius 1 is 0.638 bits per heavy atom. The molecule has 4 aromatic rings. The quantitative estimate of drug-likeness (QED) is 0.0762. The number of aromatic nitrogens is 5. The van der Waals surface area contributed by atoms with Gasteiger partial charge < -0.3 is 68.0 Å². The van der Waals surface area contributed by atoms with Crippen molar-refractivity contribution in [3.8, 4) is 11.5 Å². The minimum absolute atomic E-state index is 0. The molecule has 6 bridgehead atoms. The van der Waals surface area contributed by atoms with Crippen LogP contribution in [0.5, 0.6) is 11.5 Å². The summed E-state index contributed by atoms with van der Waals surface area (Å²) in [5.74, 6) is -0.253. The summed E-state index contributed by atoms with van der Waals surface area (Å²) in [6.45, 7) is 13.6. The molecular weight excluding hydrogens is 1040 g/mol. The molecule has 18 nitrogen and oxygen atoms in total. The van der Waals surface area contributed by atoms with Crippen LogP contribution in [-0.2, 0) is 52.5 Å². The van der Waals surface area contributed by atoms with Crippen LogP contribution in [0.2, 0.25) is 0 Å². The van der Waals surface area contributed by atoms with E-state index in [4.69, 9.17) is 72.7 Å². The number of aliphatic hydroxyl groups excluding tert-OH is 2. The number of ether oxygens (including phenoxy) is 8. The van der Waals surface area contributed by atoms with Gasteiger partial charge in [-0.15, -0.1) is 11.0 Å². The number of methoxy groups -OCH3 is 2. The number of carboxylic acid groups (broad SMARTS) is 1. The van der Waals surface area contributed by atoms with E-state index in [2.05, 4.69) is 6.92 Å². The van der Waals surface area contributed by atoms with E-state index in [9.17, 15) is 15.0 Å².